The van der Waals surface area contributed by atoms with Crippen LogP contribution in [-0.4, -0.2) is 9.97 Å². The number of imidazole rings is 1. The van der Waals surface area contributed by atoms with Crippen molar-refractivity contribution in [1.82, 2.24) is 9.97 Å². The highest BCUT2D eigenvalue weighted by atomic mass is 15.1. The number of fused-ring (bicyclic) bond motifs is 1. The second-order valence-electron chi connectivity index (χ2n) is 2.66. The Kier molecular flexibility index (Phi) is 1.18. The van der Waals surface area contributed by atoms with Gasteiger partial charge in [-0.2, -0.15) is 0 Å². The van der Waals surface area contributed by atoms with Crippen molar-refractivity contribution in [2.24, 2.45) is 7.05 Å². The third-order valence-corrected chi connectivity index (χ3v) is 1.98. The first-order valence-corrected chi connectivity index (χ1v) is 3.57. The lowest BCUT2D eigenvalue weighted by molar-refractivity contribution is -0.651. The third kappa shape index (κ3) is 0.808. The number of H-pyrrole nitrogens is 1. The summed E-state index contributed by atoms with van der Waals surface area (Å²) in [6.45, 7) is 2.04. The number of hydrogen-bond donors (Lipinski definition) is 1. The molecule has 0 bridgehead atoms. The standard InChI is InChI=1S/C8H9N3/c1-6-10-7-3-4-9-5-8(7)11(6)2/h3-5H,1-2H3/p+1. The van der Waals surface area contributed by atoms with Crippen molar-refractivity contribution in [2.45, 2.75) is 6.92 Å². The number of aromatic amines is 1. The van der Waals surface area contributed by atoms with Gasteiger partial charge >= 0.3 is 0 Å². The highest BCUT2D eigenvalue weighted by Gasteiger charge is 2.08. The van der Waals surface area contributed by atoms with Crippen LogP contribution in [-0.2, 0) is 7.05 Å². The van der Waals surface area contributed by atoms with Crippen molar-refractivity contribution in [3.63, 3.8) is 0 Å². The lowest BCUT2D eigenvalue weighted by atomic mass is 10.4. The van der Waals surface area contributed by atoms with E-state index < -0.39 is 0 Å². The summed E-state index contributed by atoms with van der Waals surface area (Å²) in [5.74, 6) is 1.15. The van der Waals surface area contributed by atoms with Gasteiger partial charge in [-0.25, -0.2) is 9.55 Å². The van der Waals surface area contributed by atoms with Gasteiger partial charge in [-0.15, -0.1) is 0 Å². The Bertz CT molecular complexity index is 389. The van der Waals surface area contributed by atoms with Crippen LogP contribution in [0.4, 0.5) is 0 Å². The van der Waals surface area contributed by atoms with Crippen LogP contribution >= 0.6 is 0 Å². The van der Waals surface area contributed by atoms with Gasteiger partial charge in [0.2, 0.25) is 0 Å². The predicted octanol–water partition coefficient (Wildman–Crippen LogP) is 0.696. The summed E-state index contributed by atoms with van der Waals surface area (Å²) >= 11 is 0. The van der Waals surface area contributed by atoms with Gasteiger partial charge in [0.25, 0.3) is 5.82 Å². The average molecular weight is 148 g/mol. The molecule has 2 rings (SSSR count). The molecule has 1 N–H and O–H groups in total. The first kappa shape index (κ1) is 6.34. The molecule has 0 aromatic carbocycles. The summed E-state index contributed by atoms with van der Waals surface area (Å²) in [5.41, 5.74) is 2.28. The molecule has 3 heteroatoms. The Hall–Kier alpha value is -1.38. The van der Waals surface area contributed by atoms with Crippen LogP contribution in [0.1, 0.15) is 5.82 Å². The van der Waals surface area contributed by atoms with E-state index in [1.165, 1.54) is 0 Å². The number of pyridine rings is 1. The highest BCUT2D eigenvalue weighted by molar-refractivity contribution is 5.69. The molecule has 0 radical (unpaired) electrons. The molecule has 0 unspecified atom stereocenters. The average Bonchev–Trinajstić information content (AvgIpc) is 2.30. The second kappa shape index (κ2) is 2.05. The van der Waals surface area contributed by atoms with E-state index in [2.05, 4.69) is 14.5 Å². The van der Waals surface area contributed by atoms with Crippen molar-refractivity contribution in [1.29, 1.82) is 0 Å². The van der Waals surface area contributed by atoms with Gasteiger partial charge in [-0.3, -0.25) is 4.98 Å². The highest BCUT2D eigenvalue weighted by Crippen LogP contribution is 2.04. The molecule has 3 nitrogen and oxygen atoms in total. The quantitative estimate of drug-likeness (QED) is 0.548. The zero-order valence-corrected chi connectivity index (χ0v) is 6.63. The molecule has 11 heavy (non-hydrogen) atoms. The molecule has 2 aromatic heterocycles. The predicted molar refractivity (Wildman–Crippen MR) is 42.0 cm³/mol. The molecule has 2 aromatic rings. The lowest BCUT2D eigenvalue weighted by Crippen LogP contribution is -2.29. The summed E-state index contributed by atoms with van der Waals surface area (Å²) in [7, 11) is 2.02. The molecule has 0 amide bonds. The molecule has 0 atom stereocenters. The summed E-state index contributed by atoms with van der Waals surface area (Å²) in [5, 5.41) is 0. The number of nitrogens with one attached hydrogen (secondary N) is 1. The molecular formula is C8H10N3+. The van der Waals surface area contributed by atoms with Crippen LogP contribution in [0.3, 0.4) is 0 Å². The van der Waals surface area contributed by atoms with Crippen LogP contribution in [0, 0.1) is 6.92 Å². The van der Waals surface area contributed by atoms with Crippen LogP contribution in [0.15, 0.2) is 18.5 Å². The number of hydrogen-bond acceptors (Lipinski definition) is 1. The Morgan fingerprint density at radius 3 is 3.09 bits per heavy atom. The fourth-order valence-corrected chi connectivity index (χ4v) is 1.22. The molecule has 2 heterocycles. The molecule has 0 aliphatic rings. The third-order valence-electron chi connectivity index (χ3n) is 1.98. The van der Waals surface area contributed by atoms with E-state index in [4.69, 9.17) is 0 Å². The van der Waals surface area contributed by atoms with E-state index in [1.54, 1.807) is 6.20 Å². The first-order chi connectivity index (χ1) is 5.29. The van der Waals surface area contributed by atoms with Gasteiger partial charge in [-0.05, 0) is 0 Å². The minimum absolute atomic E-state index is 1.14. The molecule has 56 valence electrons. The molecule has 0 saturated heterocycles. The van der Waals surface area contributed by atoms with Crippen molar-refractivity contribution in [3.8, 4) is 0 Å². The van der Waals surface area contributed by atoms with E-state index >= 15 is 0 Å². The Balaban J connectivity index is 2.92. The lowest BCUT2D eigenvalue weighted by Gasteiger charge is -1.84. The van der Waals surface area contributed by atoms with Crippen molar-refractivity contribution < 1.29 is 4.57 Å². The van der Waals surface area contributed by atoms with Crippen molar-refractivity contribution in [2.75, 3.05) is 0 Å². The number of nitrogens with zero attached hydrogens (tertiary/aromatic N) is 2. The number of rotatable bonds is 0. The van der Waals surface area contributed by atoms with E-state index in [-0.39, 0.29) is 0 Å². The SMILES string of the molecule is Cc1[nH]c2ccncc2[n+]1C. The van der Waals surface area contributed by atoms with Crippen molar-refractivity contribution in [3.05, 3.63) is 24.3 Å². The summed E-state index contributed by atoms with van der Waals surface area (Å²) < 4.78 is 2.09. The number of aromatic nitrogens is 3. The zero-order valence-electron chi connectivity index (χ0n) is 6.63. The first-order valence-electron chi connectivity index (χ1n) is 3.57. The molecule has 0 fully saturated rings. The van der Waals surface area contributed by atoms with Crippen LogP contribution in [0.2, 0.25) is 0 Å². The van der Waals surface area contributed by atoms with E-state index in [1.807, 2.05) is 26.2 Å². The Morgan fingerprint density at radius 1 is 1.55 bits per heavy atom. The maximum absolute atomic E-state index is 4.05. The normalized spacial score (nSPS) is 10.7. The van der Waals surface area contributed by atoms with Crippen molar-refractivity contribution >= 4 is 11.0 Å². The van der Waals surface area contributed by atoms with Gasteiger partial charge in [0.15, 0.2) is 11.0 Å². The number of aryl methyl sites for hydroxylation is 2. The van der Waals surface area contributed by atoms with Gasteiger partial charge < -0.3 is 0 Å². The smallest absolute Gasteiger partial charge is 0.251 e. The Morgan fingerprint density at radius 2 is 2.36 bits per heavy atom. The topological polar surface area (TPSA) is 32.6 Å². The van der Waals surface area contributed by atoms with Gasteiger partial charge in [-0.1, -0.05) is 0 Å². The summed E-state index contributed by atoms with van der Waals surface area (Å²) in [6.07, 6.45) is 3.65. The van der Waals surface area contributed by atoms with E-state index in [0.29, 0.717) is 0 Å². The van der Waals surface area contributed by atoms with E-state index in [0.717, 1.165) is 16.9 Å². The molecule has 0 saturated carbocycles. The van der Waals surface area contributed by atoms with Crippen LogP contribution in [0.25, 0.3) is 11.0 Å². The molecule has 0 spiro atoms. The van der Waals surface area contributed by atoms with Gasteiger partial charge in [0.05, 0.1) is 13.2 Å². The zero-order chi connectivity index (χ0) is 7.84. The Labute approximate surface area is 64.7 Å². The molecule has 0 aliphatic heterocycles. The maximum atomic E-state index is 4.05. The second-order valence-corrected chi connectivity index (χ2v) is 2.66. The van der Waals surface area contributed by atoms with E-state index in [9.17, 15) is 0 Å². The minimum atomic E-state index is 1.14. The molecular weight excluding hydrogens is 138 g/mol. The largest absolute Gasteiger partial charge is 0.260 e. The fraction of sp³-hybridized carbons (Fsp3) is 0.250. The van der Waals surface area contributed by atoms with Crippen LogP contribution < -0.4 is 4.57 Å². The maximum Gasteiger partial charge on any atom is 0.251 e. The van der Waals surface area contributed by atoms with Gasteiger partial charge in [0.1, 0.15) is 0 Å². The van der Waals surface area contributed by atoms with Gasteiger partial charge in [0, 0.05) is 19.2 Å². The summed E-state index contributed by atoms with van der Waals surface area (Å²) in [6, 6.07) is 1.97. The minimum Gasteiger partial charge on any atom is -0.260 e. The monoisotopic (exact) mass is 148 g/mol. The molecule has 0 aliphatic carbocycles. The fourth-order valence-electron chi connectivity index (χ4n) is 1.22. The summed E-state index contributed by atoms with van der Waals surface area (Å²) in [4.78, 5) is 7.30. The van der Waals surface area contributed by atoms with Crippen LogP contribution in [0.5, 0.6) is 0 Å².